The summed E-state index contributed by atoms with van der Waals surface area (Å²) in [6.45, 7) is 5.18. The number of rotatable bonds is 4. The molecule has 0 saturated carbocycles. The first-order chi connectivity index (χ1) is 9.02. The molecule has 2 rings (SSSR count). The van der Waals surface area contributed by atoms with Gasteiger partial charge >= 0.3 is 0 Å². The Balaban J connectivity index is 2.23. The molecule has 0 aromatic heterocycles. The second kappa shape index (κ2) is 5.61. The lowest BCUT2D eigenvalue weighted by atomic mass is 9.89. The van der Waals surface area contributed by atoms with Gasteiger partial charge in [-0.3, -0.25) is 4.79 Å². The number of hydrogen-bond acceptors (Lipinski definition) is 3. The van der Waals surface area contributed by atoms with Crippen LogP contribution in [0.15, 0.2) is 18.2 Å². The highest BCUT2D eigenvalue weighted by molar-refractivity contribution is 5.97. The molecule has 1 aliphatic heterocycles. The van der Waals surface area contributed by atoms with E-state index in [4.69, 9.17) is 10.5 Å². The van der Waals surface area contributed by atoms with Crippen LogP contribution in [0, 0.1) is 11.8 Å². The van der Waals surface area contributed by atoms with Crippen LogP contribution >= 0.6 is 0 Å². The lowest BCUT2D eigenvalue weighted by Gasteiger charge is -2.27. The maximum Gasteiger partial charge on any atom is 0.264 e. The highest BCUT2D eigenvalue weighted by Crippen LogP contribution is 2.32. The van der Waals surface area contributed by atoms with Gasteiger partial charge < -0.3 is 15.4 Å². The summed E-state index contributed by atoms with van der Waals surface area (Å²) in [6, 6.07) is 6.05. The minimum Gasteiger partial charge on any atom is -0.482 e. The fraction of sp³-hybridized carbons (Fsp3) is 0.533. The van der Waals surface area contributed by atoms with Gasteiger partial charge in [-0.05, 0) is 42.5 Å². The van der Waals surface area contributed by atoms with E-state index in [9.17, 15) is 4.79 Å². The smallest absolute Gasteiger partial charge is 0.264 e. The number of fused-ring (bicyclic) bond motifs is 1. The first-order valence-electron chi connectivity index (χ1n) is 6.75. The van der Waals surface area contributed by atoms with Gasteiger partial charge in [0.25, 0.3) is 5.91 Å². The van der Waals surface area contributed by atoms with E-state index in [1.807, 2.05) is 12.1 Å². The van der Waals surface area contributed by atoms with Gasteiger partial charge in [0.05, 0.1) is 5.69 Å². The normalized spacial score (nSPS) is 16.3. The number of nitrogens with zero attached hydrogens (tertiary/aromatic N) is 1. The number of anilines is 1. The van der Waals surface area contributed by atoms with E-state index < -0.39 is 0 Å². The molecule has 0 saturated heterocycles. The number of likely N-dealkylation sites (N-methyl/N-ethyl adjacent to an activating group) is 1. The van der Waals surface area contributed by atoms with E-state index >= 15 is 0 Å². The van der Waals surface area contributed by atoms with Gasteiger partial charge in [-0.15, -0.1) is 0 Å². The van der Waals surface area contributed by atoms with Gasteiger partial charge in [-0.2, -0.15) is 0 Å². The number of carbonyl (C=O) groups excluding carboxylic acids is 1. The molecule has 1 aromatic carbocycles. The number of nitrogens with two attached hydrogens (primary N) is 1. The van der Waals surface area contributed by atoms with Gasteiger partial charge in [0.1, 0.15) is 5.75 Å². The highest BCUT2D eigenvalue weighted by atomic mass is 16.5. The van der Waals surface area contributed by atoms with Crippen LogP contribution in [0.4, 0.5) is 5.69 Å². The summed E-state index contributed by atoms with van der Waals surface area (Å²) in [5.41, 5.74) is 7.88. The van der Waals surface area contributed by atoms with Crippen molar-refractivity contribution < 1.29 is 9.53 Å². The van der Waals surface area contributed by atoms with Crippen molar-refractivity contribution in [3.8, 4) is 5.75 Å². The molecule has 4 nitrogen and oxygen atoms in total. The average molecular weight is 262 g/mol. The summed E-state index contributed by atoms with van der Waals surface area (Å²) < 4.78 is 5.42. The molecule has 1 aromatic rings. The Kier molecular flexibility index (Phi) is 4.10. The monoisotopic (exact) mass is 262 g/mol. The average Bonchev–Trinajstić information content (AvgIpc) is 2.40. The molecule has 104 valence electrons. The summed E-state index contributed by atoms with van der Waals surface area (Å²) in [5.74, 6) is 1.78. The van der Waals surface area contributed by atoms with Crippen molar-refractivity contribution in [2.24, 2.45) is 17.6 Å². The number of carbonyl (C=O) groups is 1. The van der Waals surface area contributed by atoms with Gasteiger partial charge in [0.2, 0.25) is 0 Å². The second-order valence-electron chi connectivity index (χ2n) is 5.49. The maximum absolute atomic E-state index is 11.6. The van der Waals surface area contributed by atoms with E-state index in [0.717, 1.165) is 17.9 Å². The molecule has 19 heavy (non-hydrogen) atoms. The van der Waals surface area contributed by atoms with Crippen molar-refractivity contribution in [3.63, 3.8) is 0 Å². The Morgan fingerprint density at radius 3 is 2.79 bits per heavy atom. The molecule has 0 bridgehead atoms. The maximum atomic E-state index is 11.6. The van der Waals surface area contributed by atoms with Crippen LogP contribution in [-0.4, -0.2) is 26.1 Å². The van der Waals surface area contributed by atoms with Gasteiger partial charge in [0.15, 0.2) is 6.61 Å². The van der Waals surface area contributed by atoms with Gasteiger partial charge in [0, 0.05) is 7.05 Å². The fourth-order valence-electron chi connectivity index (χ4n) is 2.34. The largest absolute Gasteiger partial charge is 0.482 e. The molecule has 2 N–H and O–H groups in total. The van der Waals surface area contributed by atoms with Crippen molar-refractivity contribution in [1.29, 1.82) is 0 Å². The molecule has 1 aliphatic rings. The molecule has 1 unspecified atom stereocenters. The SMILES string of the molecule is CC(C)C(CN)Cc1ccc2c(c1)N(C)C(=O)CO2. The molecule has 1 heterocycles. The minimum absolute atomic E-state index is 0.0103. The van der Waals surface area contributed by atoms with E-state index in [0.29, 0.717) is 18.4 Å². The minimum atomic E-state index is -0.0103. The Morgan fingerprint density at radius 1 is 1.42 bits per heavy atom. The third kappa shape index (κ3) is 2.89. The van der Waals surface area contributed by atoms with Crippen molar-refractivity contribution in [3.05, 3.63) is 23.8 Å². The Morgan fingerprint density at radius 2 is 2.16 bits per heavy atom. The van der Waals surface area contributed by atoms with Gasteiger partial charge in [-0.25, -0.2) is 0 Å². The molecule has 0 fully saturated rings. The zero-order valence-electron chi connectivity index (χ0n) is 11.8. The van der Waals surface area contributed by atoms with E-state index in [2.05, 4.69) is 19.9 Å². The number of ether oxygens (including phenoxy) is 1. The predicted molar refractivity (Wildman–Crippen MR) is 76.4 cm³/mol. The Labute approximate surface area is 114 Å². The first kappa shape index (κ1) is 13.9. The number of amides is 1. The van der Waals surface area contributed by atoms with Crippen LogP contribution in [0.25, 0.3) is 0 Å². The fourth-order valence-corrected chi connectivity index (χ4v) is 2.34. The Hall–Kier alpha value is -1.55. The molecule has 1 amide bonds. The summed E-state index contributed by atoms with van der Waals surface area (Å²) in [7, 11) is 1.79. The number of benzene rings is 1. The highest BCUT2D eigenvalue weighted by Gasteiger charge is 2.23. The second-order valence-corrected chi connectivity index (χ2v) is 5.49. The third-order valence-corrected chi connectivity index (χ3v) is 3.85. The molecule has 0 aliphatic carbocycles. The lowest BCUT2D eigenvalue weighted by Crippen LogP contribution is -2.35. The van der Waals surface area contributed by atoms with E-state index in [1.165, 1.54) is 5.56 Å². The zero-order chi connectivity index (χ0) is 14.0. The lowest BCUT2D eigenvalue weighted by molar-refractivity contribution is -0.120. The van der Waals surface area contributed by atoms with Crippen molar-refractivity contribution >= 4 is 11.6 Å². The summed E-state index contributed by atoms with van der Waals surface area (Å²) in [5, 5.41) is 0. The molecule has 0 spiro atoms. The third-order valence-electron chi connectivity index (χ3n) is 3.85. The Bertz CT molecular complexity index is 471. The standard InChI is InChI=1S/C15H22N2O2/c1-10(2)12(8-16)6-11-4-5-14-13(7-11)17(3)15(18)9-19-14/h4-5,7,10,12H,6,8-9,16H2,1-3H3. The molecule has 4 heteroatoms. The molecular weight excluding hydrogens is 240 g/mol. The van der Waals surface area contributed by atoms with Gasteiger partial charge in [-0.1, -0.05) is 19.9 Å². The van der Waals surface area contributed by atoms with E-state index in [1.54, 1.807) is 11.9 Å². The number of hydrogen-bond donors (Lipinski definition) is 1. The molecule has 1 atom stereocenters. The van der Waals surface area contributed by atoms with Crippen molar-refractivity contribution in [1.82, 2.24) is 0 Å². The predicted octanol–water partition coefficient (Wildman–Crippen LogP) is 1.82. The van der Waals surface area contributed by atoms with Crippen LogP contribution in [0.3, 0.4) is 0 Å². The van der Waals surface area contributed by atoms with Crippen molar-refractivity contribution in [2.45, 2.75) is 20.3 Å². The van der Waals surface area contributed by atoms with Crippen LogP contribution in [0.5, 0.6) is 5.75 Å². The van der Waals surface area contributed by atoms with Crippen molar-refractivity contribution in [2.75, 3.05) is 25.1 Å². The topological polar surface area (TPSA) is 55.6 Å². The first-order valence-corrected chi connectivity index (χ1v) is 6.75. The van der Waals surface area contributed by atoms with Crippen LogP contribution in [0.2, 0.25) is 0 Å². The molecular formula is C15H22N2O2. The summed E-state index contributed by atoms with van der Waals surface area (Å²) in [6.07, 6.45) is 0.934. The van der Waals surface area contributed by atoms with E-state index in [-0.39, 0.29) is 12.5 Å². The zero-order valence-corrected chi connectivity index (χ0v) is 11.8. The summed E-state index contributed by atoms with van der Waals surface area (Å²) >= 11 is 0. The van der Waals surface area contributed by atoms with Crippen LogP contribution in [-0.2, 0) is 11.2 Å². The van der Waals surface area contributed by atoms with Crippen LogP contribution in [0.1, 0.15) is 19.4 Å². The molecule has 0 radical (unpaired) electrons. The summed E-state index contributed by atoms with van der Waals surface area (Å²) in [4.78, 5) is 13.3. The van der Waals surface area contributed by atoms with Crippen LogP contribution < -0.4 is 15.4 Å². The quantitative estimate of drug-likeness (QED) is 0.900.